The zero-order valence-corrected chi connectivity index (χ0v) is 9.06. The summed E-state index contributed by atoms with van der Waals surface area (Å²) in [7, 11) is 0. The SMILES string of the molecule is Cc1cc(-c2cccs2)cc(O)c1C. The molecule has 1 heterocycles. The number of thiophene rings is 1. The van der Waals surface area contributed by atoms with Gasteiger partial charge in [0.1, 0.15) is 5.75 Å². The first kappa shape index (κ1) is 9.28. The fraction of sp³-hybridized carbons (Fsp3) is 0.167. The Labute approximate surface area is 87.7 Å². The quantitative estimate of drug-likeness (QED) is 0.750. The van der Waals surface area contributed by atoms with E-state index < -0.39 is 0 Å². The normalized spacial score (nSPS) is 10.4. The van der Waals surface area contributed by atoms with Gasteiger partial charge in [-0.15, -0.1) is 11.3 Å². The van der Waals surface area contributed by atoms with Crippen LogP contribution in [0.5, 0.6) is 5.75 Å². The third kappa shape index (κ3) is 1.53. The number of aromatic hydroxyl groups is 1. The van der Waals surface area contributed by atoms with E-state index in [4.69, 9.17) is 0 Å². The summed E-state index contributed by atoms with van der Waals surface area (Å²) >= 11 is 1.69. The maximum absolute atomic E-state index is 9.68. The Hall–Kier alpha value is -1.28. The lowest BCUT2D eigenvalue weighted by atomic mass is 10.0. The number of hydrogen-bond donors (Lipinski definition) is 1. The molecule has 0 aliphatic rings. The molecule has 0 bridgehead atoms. The zero-order chi connectivity index (χ0) is 10.1. The molecular weight excluding hydrogens is 192 g/mol. The van der Waals surface area contributed by atoms with E-state index in [0.29, 0.717) is 5.75 Å². The second-order valence-electron chi connectivity index (χ2n) is 3.41. The van der Waals surface area contributed by atoms with Crippen molar-refractivity contribution in [3.63, 3.8) is 0 Å². The van der Waals surface area contributed by atoms with E-state index in [-0.39, 0.29) is 0 Å². The largest absolute Gasteiger partial charge is 0.508 e. The van der Waals surface area contributed by atoms with E-state index >= 15 is 0 Å². The molecule has 0 atom stereocenters. The lowest BCUT2D eigenvalue weighted by Gasteiger charge is -2.06. The predicted molar refractivity (Wildman–Crippen MR) is 60.9 cm³/mol. The molecule has 0 amide bonds. The number of rotatable bonds is 1. The Balaban J connectivity index is 2.57. The average molecular weight is 204 g/mol. The summed E-state index contributed by atoms with van der Waals surface area (Å²) in [6.45, 7) is 3.95. The summed E-state index contributed by atoms with van der Waals surface area (Å²) in [4.78, 5) is 1.20. The molecule has 2 aromatic rings. The van der Waals surface area contributed by atoms with Gasteiger partial charge in [0.2, 0.25) is 0 Å². The number of hydrogen-bond acceptors (Lipinski definition) is 2. The van der Waals surface area contributed by atoms with Crippen molar-refractivity contribution in [2.45, 2.75) is 13.8 Å². The molecular formula is C12H12OS. The summed E-state index contributed by atoms with van der Waals surface area (Å²) in [6.07, 6.45) is 0. The number of phenols is 1. The highest BCUT2D eigenvalue weighted by Crippen LogP contribution is 2.31. The molecule has 1 aromatic carbocycles. The Morgan fingerprint density at radius 3 is 2.57 bits per heavy atom. The van der Waals surface area contributed by atoms with Crippen LogP contribution in [0, 0.1) is 13.8 Å². The first-order valence-electron chi connectivity index (χ1n) is 4.52. The van der Waals surface area contributed by atoms with Crippen molar-refractivity contribution in [2.24, 2.45) is 0 Å². The lowest BCUT2D eigenvalue weighted by molar-refractivity contribution is 0.471. The van der Waals surface area contributed by atoms with Crippen LogP contribution in [-0.2, 0) is 0 Å². The highest BCUT2D eigenvalue weighted by Gasteiger charge is 2.05. The highest BCUT2D eigenvalue weighted by atomic mass is 32.1. The molecule has 14 heavy (non-hydrogen) atoms. The highest BCUT2D eigenvalue weighted by molar-refractivity contribution is 7.13. The van der Waals surface area contributed by atoms with Crippen LogP contribution < -0.4 is 0 Å². The van der Waals surface area contributed by atoms with Gasteiger partial charge < -0.3 is 5.11 Å². The van der Waals surface area contributed by atoms with Crippen molar-refractivity contribution in [1.29, 1.82) is 0 Å². The van der Waals surface area contributed by atoms with E-state index in [0.717, 1.165) is 16.7 Å². The standard InChI is InChI=1S/C12H12OS/c1-8-6-10(7-11(13)9(8)2)12-4-3-5-14-12/h3-7,13H,1-2H3. The summed E-state index contributed by atoms with van der Waals surface area (Å²) in [5, 5.41) is 11.7. The molecule has 0 aliphatic heterocycles. The Kier molecular flexibility index (Phi) is 2.30. The molecule has 1 nitrogen and oxygen atoms in total. The average Bonchev–Trinajstić information content (AvgIpc) is 2.66. The molecule has 1 aromatic heterocycles. The van der Waals surface area contributed by atoms with Gasteiger partial charge in [-0.25, -0.2) is 0 Å². The van der Waals surface area contributed by atoms with Crippen LogP contribution >= 0.6 is 11.3 Å². The van der Waals surface area contributed by atoms with E-state index in [1.807, 2.05) is 31.4 Å². The summed E-state index contributed by atoms with van der Waals surface area (Å²) < 4.78 is 0. The minimum absolute atomic E-state index is 0.383. The van der Waals surface area contributed by atoms with Gasteiger partial charge in [0.15, 0.2) is 0 Å². The molecule has 1 N–H and O–H groups in total. The number of benzene rings is 1. The maximum atomic E-state index is 9.68. The van der Waals surface area contributed by atoms with Crippen LogP contribution in [0.25, 0.3) is 10.4 Å². The molecule has 0 unspecified atom stereocenters. The van der Waals surface area contributed by atoms with Gasteiger partial charge in [-0.3, -0.25) is 0 Å². The van der Waals surface area contributed by atoms with Crippen LogP contribution in [0.4, 0.5) is 0 Å². The number of phenolic OH excluding ortho intramolecular Hbond substituents is 1. The lowest BCUT2D eigenvalue weighted by Crippen LogP contribution is -1.83. The Morgan fingerprint density at radius 2 is 2.00 bits per heavy atom. The molecule has 2 heteroatoms. The topological polar surface area (TPSA) is 20.2 Å². The van der Waals surface area contributed by atoms with Crippen molar-refractivity contribution in [3.05, 3.63) is 40.8 Å². The van der Waals surface area contributed by atoms with Gasteiger partial charge >= 0.3 is 0 Å². The third-order valence-corrected chi connectivity index (χ3v) is 3.36. The maximum Gasteiger partial charge on any atom is 0.119 e. The minimum Gasteiger partial charge on any atom is -0.508 e. The summed E-state index contributed by atoms with van der Waals surface area (Å²) in [5.74, 6) is 0.383. The molecule has 0 aliphatic carbocycles. The third-order valence-electron chi connectivity index (χ3n) is 2.45. The van der Waals surface area contributed by atoms with Crippen LogP contribution in [0.15, 0.2) is 29.6 Å². The molecule has 72 valence electrons. The zero-order valence-electron chi connectivity index (χ0n) is 8.24. The minimum atomic E-state index is 0.383. The molecule has 0 radical (unpaired) electrons. The Bertz CT molecular complexity index is 420. The molecule has 0 spiro atoms. The van der Waals surface area contributed by atoms with Crippen molar-refractivity contribution in [3.8, 4) is 16.2 Å². The van der Waals surface area contributed by atoms with Crippen LogP contribution in [0.1, 0.15) is 11.1 Å². The summed E-state index contributed by atoms with van der Waals surface area (Å²) in [6, 6.07) is 8.02. The fourth-order valence-electron chi connectivity index (χ4n) is 1.43. The second-order valence-corrected chi connectivity index (χ2v) is 4.36. The summed E-state index contributed by atoms with van der Waals surface area (Å²) in [5.41, 5.74) is 3.19. The first-order valence-corrected chi connectivity index (χ1v) is 5.40. The molecule has 0 saturated carbocycles. The Morgan fingerprint density at radius 1 is 1.21 bits per heavy atom. The van der Waals surface area contributed by atoms with Gasteiger partial charge in [-0.1, -0.05) is 12.1 Å². The number of aryl methyl sites for hydroxylation is 1. The molecule has 0 fully saturated rings. The van der Waals surface area contributed by atoms with Crippen LogP contribution in [-0.4, -0.2) is 5.11 Å². The van der Waals surface area contributed by atoms with Crippen molar-refractivity contribution < 1.29 is 5.11 Å². The van der Waals surface area contributed by atoms with Crippen molar-refractivity contribution >= 4 is 11.3 Å². The van der Waals surface area contributed by atoms with Gasteiger partial charge in [0.05, 0.1) is 0 Å². The predicted octanol–water partition coefficient (Wildman–Crippen LogP) is 3.74. The fourth-order valence-corrected chi connectivity index (χ4v) is 2.14. The van der Waals surface area contributed by atoms with Crippen molar-refractivity contribution in [2.75, 3.05) is 0 Å². The van der Waals surface area contributed by atoms with Gasteiger partial charge in [-0.05, 0) is 48.1 Å². The van der Waals surface area contributed by atoms with Crippen LogP contribution in [0.3, 0.4) is 0 Å². The van der Waals surface area contributed by atoms with E-state index in [1.165, 1.54) is 4.88 Å². The van der Waals surface area contributed by atoms with E-state index in [2.05, 4.69) is 12.1 Å². The molecule has 2 rings (SSSR count). The van der Waals surface area contributed by atoms with Crippen molar-refractivity contribution in [1.82, 2.24) is 0 Å². The monoisotopic (exact) mass is 204 g/mol. The molecule has 0 saturated heterocycles. The van der Waals surface area contributed by atoms with Gasteiger partial charge in [0, 0.05) is 4.88 Å². The van der Waals surface area contributed by atoms with E-state index in [1.54, 1.807) is 11.3 Å². The van der Waals surface area contributed by atoms with Crippen LogP contribution in [0.2, 0.25) is 0 Å². The van der Waals surface area contributed by atoms with Gasteiger partial charge in [0.25, 0.3) is 0 Å². The second kappa shape index (κ2) is 3.46. The van der Waals surface area contributed by atoms with Gasteiger partial charge in [-0.2, -0.15) is 0 Å². The van der Waals surface area contributed by atoms with E-state index in [9.17, 15) is 5.11 Å². The smallest absolute Gasteiger partial charge is 0.119 e. The first-order chi connectivity index (χ1) is 6.68.